The molecule has 2 atom stereocenters. The fourth-order valence-corrected chi connectivity index (χ4v) is 2.51. The number of hydrogen-bond acceptors (Lipinski definition) is 2. The second-order valence-electron chi connectivity index (χ2n) is 5.09. The Balaban J connectivity index is 2.97. The van der Waals surface area contributed by atoms with Gasteiger partial charge < -0.3 is 10.6 Å². The molecule has 1 aromatic carbocycles. The van der Waals surface area contributed by atoms with E-state index >= 15 is 0 Å². The third kappa shape index (κ3) is 3.46. The quantitative estimate of drug-likeness (QED) is 0.912. The Morgan fingerprint density at radius 1 is 1.18 bits per heavy atom. The average Bonchev–Trinajstić information content (AvgIpc) is 2.26. The second-order valence-corrected chi connectivity index (χ2v) is 5.94. The van der Waals surface area contributed by atoms with Crippen molar-refractivity contribution >= 4 is 21.6 Å². The molecule has 17 heavy (non-hydrogen) atoms. The van der Waals surface area contributed by atoms with Crippen molar-refractivity contribution in [1.29, 1.82) is 0 Å². The van der Waals surface area contributed by atoms with Gasteiger partial charge in [-0.2, -0.15) is 0 Å². The zero-order valence-electron chi connectivity index (χ0n) is 11.4. The van der Waals surface area contributed by atoms with Gasteiger partial charge in [-0.15, -0.1) is 0 Å². The summed E-state index contributed by atoms with van der Waals surface area (Å²) in [4.78, 5) is 2.31. The first kappa shape index (κ1) is 14.5. The van der Waals surface area contributed by atoms with Gasteiger partial charge in [0.05, 0.1) is 0 Å². The van der Waals surface area contributed by atoms with Crippen molar-refractivity contribution in [3.05, 3.63) is 28.2 Å². The van der Waals surface area contributed by atoms with E-state index in [9.17, 15) is 0 Å². The van der Waals surface area contributed by atoms with Crippen molar-refractivity contribution in [2.75, 3.05) is 11.9 Å². The maximum absolute atomic E-state index is 5.91. The SMILES string of the molecule is CC(C)C(C)N(C)c1ccc([C@H](C)N)c(Br)c1. The molecule has 0 heterocycles. The summed E-state index contributed by atoms with van der Waals surface area (Å²) in [5.74, 6) is 0.631. The molecule has 1 rings (SSSR count). The minimum absolute atomic E-state index is 0.0613. The monoisotopic (exact) mass is 298 g/mol. The van der Waals surface area contributed by atoms with Gasteiger partial charge in [0, 0.05) is 29.3 Å². The Bertz CT molecular complexity index is 374. The summed E-state index contributed by atoms with van der Waals surface area (Å²) in [6.45, 7) is 8.73. The van der Waals surface area contributed by atoms with E-state index in [1.807, 2.05) is 6.92 Å². The summed E-state index contributed by atoms with van der Waals surface area (Å²) in [5, 5.41) is 0. The highest BCUT2D eigenvalue weighted by Crippen LogP contribution is 2.28. The summed E-state index contributed by atoms with van der Waals surface area (Å²) in [6.07, 6.45) is 0. The first-order valence-corrected chi connectivity index (χ1v) is 6.91. The van der Waals surface area contributed by atoms with E-state index in [2.05, 4.69) is 66.8 Å². The van der Waals surface area contributed by atoms with Gasteiger partial charge in [-0.25, -0.2) is 0 Å². The maximum atomic E-state index is 5.91. The van der Waals surface area contributed by atoms with E-state index in [1.165, 1.54) is 5.69 Å². The number of halogens is 1. The maximum Gasteiger partial charge on any atom is 0.0377 e. The standard InChI is InChI=1S/C14H23BrN2/c1-9(2)11(4)17(5)12-6-7-13(10(3)16)14(15)8-12/h6-11H,16H2,1-5H3/t10-,11?/m0/s1. The predicted octanol–water partition coefficient (Wildman–Crippen LogP) is 3.95. The fraction of sp³-hybridized carbons (Fsp3) is 0.571. The van der Waals surface area contributed by atoms with Crippen LogP contribution in [-0.4, -0.2) is 13.1 Å². The zero-order valence-corrected chi connectivity index (χ0v) is 13.0. The van der Waals surface area contributed by atoms with Gasteiger partial charge in [-0.05, 0) is 37.5 Å². The molecule has 0 amide bonds. The van der Waals surface area contributed by atoms with E-state index in [0.29, 0.717) is 12.0 Å². The molecule has 0 aliphatic carbocycles. The highest BCUT2D eigenvalue weighted by molar-refractivity contribution is 9.10. The van der Waals surface area contributed by atoms with Crippen molar-refractivity contribution < 1.29 is 0 Å². The highest BCUT2D eigenvalue weighted by atomic mass is 79.9. The fourth-order valence-electron chi connectivity index (χ4n) is 1.79. The number of benzene rings is 1. The van der Waals surface area contributed by atoms with Crippen LogP contribution in [0.15, 0.2) is 22.7 Å². The van der Waals surface area contributed by atoms with Crippen molar-refractivity contribution in [2.24, 2.45) is 11.7 Å². The van der Waals surface area contributed by atoms with Crippen molar-refractivity contribution in [1.82, 2.24) is 0 Å². The summed E-state index contributed by atoms with van der Waals surface area (Å²) in [6, 6.07) is 6.97. The molecule has 0 fully saturated rings. The Hall–Kier alpha value is -0.540. The Morgan fingerprint density at radius 2 is 1.76 bits per heavy atom. The van der Waals surface area contributed by atoms with Crippen LogP contribution < -0.4 is 10.6 Å². The van der Waals surface area contributed by atoms with Gasteiger partial charge in [0.2, 0.25) is 0 Å². The predicted molar refractivity (Wildman–Crippen MR) is 79.4 cm³/mol. The molecular formula is C14H23BrN2. The second kappa shape index (κ2) is 5.87. The van der Waals surface area contributed by atoms with Gasteiger partial charge in [-0.1, -0.05) is 35.8 Å². The van der Waals surface area contributed by atoms with Crippen LogP contribution in [0.5, 0.6) is 0 Å². The van der Waals surface area contributed by atoms with Gasteiger partial charge in [-0.3, -0.25) is 0 Å². The van der Waals surface area contributed by atoms with Crippen LogP contribution in [0.3, 0.4) is 0 Å². The van der Waals surface area contributed by atoms with Crippen molar-refractivity contribution in [2.45, 2.75) is 39.8 Å². The summed E-state index contributed by atoms with van der Waals surface area (Å²) >= 11 is 3.60. The van der Waals surface area contributed by atoms with Gasteiger partial charge in [0.1, 0.15) is 0 Å². The molecule has 2 N–H and O–H groups in total. The number of hydrogen-bond donors (Lipinski definition) is 1. The number of nitrogens with two attached hydrogens (primary N) is 1. The minimum atomic E-state index is 0.0613. The summed E-state index contributed by atoms with van der Waals surface area (Å²) < 4.78 is 1.09. The molecule has 0 radical (unpaired) electrons. The smallest absolute Gasteiger partial charge is 0.0377 e. The summed E-state index contributed by atoms with van der Waals surface area (Å²) in [7, 11) is 2.14. The third-order valence-corrected chi connectivity index (χ3v) is 4.14. The summed E-state index contributed by atoms with van der Waals surface area (Å²) in [5.41, 5.74) is 8.28. The minimum Gasteiger partial charge on any atom is -0.372 e. The first-order valence-electron chi connectivity index (χ1n) is 6.12. The van der Waals surface area contributed by atoms with E-state index in [-0.39, 0.29) is 6.04 Å². The topological polar surface area (TPSA) is 29.3 Å². The van der Waals surface area contributed by atoms with E-state index in [1.54, 1.807) is 0 Å². The van der Waals surface area contributed by atoms with Gasteiger partial charge in [0.15, 0.2) is 0 Å². The van der Waals surface area contributed by atoms with Crippen LogP contribution in [0.4, 0.5) is 5.69 Å². The lowest BCUT2D eigenvalue weighted by molar-refractivity contribution is 0.505. The molecule has 0 saturated heterocycles. The first-order chi connectivity index (χ1) is 7.84. The lowest BCUT2D eigenvalue weighted by Crippen LogP contribution is -2.33. The largest absolute Gasteiger partial charge is 0.372 e. The lowest BCUT2D eigenvalue weighted by Gasteiger charge is -2.30. The van der Waals surface area contributed by atoms with Crippen LogP contribution in [0.1, 0.15) is 39.3 Å². The zero-order chi connectivity index (χ0) is 13.2. The molecule has 0 bridgehead atoms. The molecule has 0 aliphatic heterocycles. The molecule has 2 nitrogen and oxygen atoms in total. The highest BCUT2D eigenvalue weighted by Gasteiger charge is 2.15. The number of nitrogens with zero attached hydrogens (tertiary/aromatic N) is 1. The molecule has 0 spiro atoms. The molecule has 96 valence electrons. The van der Waals surface area contributed by atoms with Gasteiger partial charge >= 0.3 is 0 Å². The Kier molecular flexibility index (Phi) is 5.02. The van der Waals surface area contributed by atoms with Gasteiger partial charge in [0.25, 0.3) is 0 Å². The molecular weight excluding hydrogens is 276 g/mol. The molecule has 1 aromatic rings. The Labute approximate surface area is 113 Å². The van der Waals surface area contributed by atoms with Crippen LogP contribution in [0.25, 0.3) is 0 Å². The number of anilines is 1. The lowest BCUT2D eigenvalue weighted by atomic mass is 10.0. The van der Waals surface area contributed by atoms with E-state index < -0.39 is 0 Å². The van der Waals surface area contributed by atoms with Crippen molar-refractivity contribution in [3.63, 3.8) is 0 Å². The Morgan fingerprint density at radius 3 is 2.18 bits per heavy atom. The van der Waals surface area contributed by atoms with Crippen LogP contribution in [0.2, 0.25) is 0 Å². The molecule has 0 saturated carbocycles. The molecule has 1 unspecified atom stereocenters. The number of rotatable bonds is 4. The average molecular weight is 299 g/mol. The third-order valence-electron chi connectivity index (χ3n) is 3.46. The molecule has 0 aromatic heterocycles. The van der Waals surface area contributed by atoms with E-state index in [4.69, 9.17) is 5.73 Å². The van der Waals surface area contributed by atoms with Crippen LogP contribution >= 0.6 is 15.9 Å². The van der Waals surface area contributed by atoms with Crippen LogP contribution in [0, 0.1) is 5.92 Å². The van der Waals surface area contributed by atoms with E-state index in [0.717, 1.165) is 10.0 Å². The molecule has 3 heteroatoms. The van der Waals surface area contributed by atoms with Crippen molar-refractivity contribution in [3.8, 4) is 0 Å². The normalized spacial score (nSPS) is 14.8. The molecule has 0 aliphatic rings. The van der Waals surface area contributed by atoms with Crippen LogP contribution in [-0.2, 0) is 0 Å².